The monoisotopic (exact) mass is 626 g/mol. The Labute approximate surface area is 278 Å². The Morgan fingerprint density at radius 1 is 0.587 bits per heavy atom. The van der Waals surface area contributed by atoms with Gasteiger partial charge >= 0.3 is 0 Å². The molecule has 2 saturated carbocycles. The van der Waals surface area contributed by atoms with Gasteiger partial charge in [0.2, 0.25) is 0 Å². The van der Waals surface area contributed by atoms with Gasteiger partial charge in [0, 0.05) is 10.8 Å². The minimum Gasteiger partial charge on any atom is -0.491 e. The molecule has 46 heavy (non-hydrogen) atoms. The molecule has 0 radical (unpaired) electrons. The van der Waals surface area contributed by atoms with Gasteiger partial charge < -0.3 is 19.7 Å². The highest BCUT2D eigenvalue weighted by molar-refractivity contribution is 5.54. The number of aliphatic hydroxyl groups excluding tert-OH is 2. The van der Waals surface area contributed by atoms with Crippen LogP contribution < -0.4 is 9.47 Å². The number of hydrogen-bond donors (Lipinski definition) is 2. The zero-order valence-corrected chi connectivity index (χ0v) is 29.4. The summed E-state index contributed by atoms with van der Waals surface area (Å²) in [7, 11) is 0. The molecule has 3 aromatic carbocycles. The van der Waals surface area contributed by atoms with Gasteiger partial charge in [-0.15, -0.1) is 0 Å². The van der Waals surface area contributed by atoms with Crippen molar-refractivity contribution in [1.29, 1.82) is 0 Å². The van der Waals surface area contributed by atoms with Crippen molar-refractivity contribution < 1.29 is 19.7 Å². The molecule has 0 unspecified atom stereocenters. The molecule has 0 atom stereocenters. The third-order valence-corrected chi connectivity index (χ3v) is 11.2. The maximum absolute atomic E-state index is 9.51. The minimum atomic E-state index is -0.209. The number of aryl methyl sites for hydroxylation is 2. The second kappa shape index (κ2) is 14.9. The van der Waals surface area contributed by atoms with Gasteiger partial charge in [-0.05, 0) is 108 Å². The molecule has 0 amide bonds. The Morgan fingerprint density at radius 2 is 0.978 bits per heavy atom. The van der Waals surface area contributed by atoms with Gasteiger partial charge in [-0.25, -0.2) is 0 Å². The van der Waals surface area contributed by atoms with Crippen LogP contribution >= 0.6 is 0 Å². The molecule has 0 bridgehead atoms. The van der Waals surface area contributed by atoms with E-state index in [-0.39, 0.29) is 24.0 Å². The molecule has 2 aliphatic carbocycles. The number of rotatable bonds is 12. The van der Waals surface area contributed by atoms with Crippen molar-refractivity contribution in [3.8, 4) is 11.5 Å². The standard InChI is InChI=1S/C42H58O4/c1-29-24-39(45-22-20-43)35(31-14-9-7-10-15-31)27-37(29)41(3,4)33-18-13-19-34(26-33)42(5,6)38-28-36(32-16-11-8-12-17-32)40(25-30(38)2)46-23-21-44/h13,18-19,24-28,31-32,43-44H,7-12,14-17,20-23H2,1-6H3. The van der Waals surface area contributed by atoms with Crippen LogP contribution in [0.25, 0.3) is 0 Å². The smallest absolute Gasteiger partial charge is 0.123 e. The Kier molecular flexibility index (Phi) is 11.2. The average Bonchev–Trinajstić information content (AvgIpc) is 3.07. The second-order valence-electron chi connectivity index (χ2n) is 15.1. The van der Waals surface area contributed by atoms with Gasteiger partial charge in [0.25, 0.3) is 0 Å². The Balaban J connectivity index is 1.53. The molecule has 2 fully saturated rings. The van der Waals surface area contributed by atoms with E-state index in [2.05, 4.69) is 90.1 Å². The molecule has 3 aromatic rings. The minimum absolute atomic E-state index is 0.0268. The van der Waals surface area contributed by atoms with Crippen LogP contribution in [0.3, 0.4) is 0 Å². The fourth-order valence-electron chi connectivity index (χ4n) is 8.38. The lowest BCUT2D eigenvalue weighted by Crippen LogP contribution is -2.25. The summed E-state index contributed by atoms with van der Waals surface area (Å²) in [5, 5.41) is 19.0. The van der Waals surface area contributed by atoms with Crippen LogP contribution in [0, 0.1) is 13.8 Å². The second-order valence-corrected chi connectivity index (χ2v) is 15.1. The quantitative estimate of drug-likeness (QED) is 0.210. The van der Waals surface area contributed by atoms with Gasteiger partial charge in [-0.1, -0.05) is 103 Å². The lowest BCUT2D eigenvalue weighted by molar-refractivity contribution is 0.199. The van der Waals surface area contributed by atoms with Gasteiger partial charge in [-0.2, -0.15) is 0 Å². The molecular weight excluding hydrogens is 568 g/mol. The maximum atomic E-state index is 9.51. The largest absolute Gasteiger partial charge is 0.491 e. The summed E-state index contributed by atoms with van der Waals surface area (Å²) >= 11 is 0. The zero-order chi connectivity index (χ0) is 32.9. The van der Waals surface area contributed by atoms with Gasteiger partial charge in [0.05, 0.1) is 13.2 Å². The summed E-state index contributed by atoms with van der Waals surface area (Å²) in [6.07, 6.45) is 12.5. The number of hydrogen-bond acceptors (Lipinski definition) is 4. The molecule has 4 heteroatoms. The van der Waals surface area contributed by atoms with E-state index in [1.165, 1.54) is 109 Å². The van der Waals surface area contributed by atoms with Crippen LogP contribution in [0.4, 0.5) is 0 Å². The first kappa shape index (κ1) is 34.5. The summed E-state index contributed by atoms with van der Waals surface area (Å²) in [5.41, 5.74) is 9.99. The molecule has 4 nitrogen and oxygen atoms in total. The molecule has 0 aliphatic heterocycles. The highest BCUT2D eigenvalue weighted by Gasteiger charge is 2.32. The van der Waals surface area contributed by atoms with Crippen LogP contribution in [0.1, 0.15) is 148 Å². The summed E-state index contributed by atoms with van der Waals surface area (Å²) in [4.78, 5) is 0. The van der Waals surface area contributed by atoms with E-state index in [1.54, 1.807) is 0 Å². The molecule has 2 N–H and O–H groups in total. The van der Waals surface area contributed by atoms with E-state index in [9.17, 15) is 10.2 Å². The van der Waals surface area contributed by atoms with E-state index < -0.39 is 0 Å². The van der Waals surface area contributed by atoms with Crippen LogP contribution in [0.15, 0.2) is 48.5 Å². The zero-order valence-electron chi connectivity index (χ0n) is 29.4. The van der Waals surface area contributed by atoms with Crippen molar-refractivity contribution in [3.05, 3.63) is 93.0 Å². The molecule has 0 spiro atoms. The molecule has 2 aliphatic rings. The summed E-state index contributed by atoms with van der Waals surface area (Å²) in [6, 6.07) is 18.6. The highest BCUT2D eigenvalue weighted by atomic mass is 16.5. The Bertz CT molecular complexity index is 1350. The lowest BCUT2D eigenvalue weighted by Gasteiger charge is -2.34. The van der Waals surface area contributed by atoms with Crippen LogP contribution in [-0.2, 0) is 10.8 Å². The van der Waals surface area contributed by atoms with Crippen LogP contribution in [-0.4, -0.2) is 36.6 Å². The molecular formula is C42H58O4. The molecule has 0 aromatic heterocycles. The third kappa shape index (κ3) is 7.34. The number of aliphatic hydroxyl groups is 2. The van der Waals surface area contributed by atoms with Crippen molar-refractivity contribution in [1.82, 2.24) is 0 Å². The van der Waals surface area contributed by atoms with E-state index in [4.69, 9.17) is 9.47 Å². The van der Waals surface area contributed by atoms with E-state index in [0.29, 0.717) is 25.0 Å². The van der Waals surface area contributed by atoms with E-state index in [1.807, 2.05) is 0 Å². The lowest BCUT2D eigenvalue weighted by atomic mass is 9.70. The normalized spacial score (nSPS) is 16.9. The summed E-state index contributed by atoms with van der Waals surface area (Å²) in [6.45, 7) is 14.6. The molecule has 0 saturated heterocycles. The first-order valence-electron chi connectivity index (χ1n) is 18.0. The first-order valence-corrected chi connectivity index (χ1v) is 18.0. The molecule has 0 heterocycles. The van der Waals surface area contributed by atoms with Crippen molar-refractivity contribution in [2.24, 2.45) is 0 Å². The van der Waals surface area contributed by atoms with E-state index in [0.717, 1.165) is 11.5 Å². The number of ether oxygens (including phenoxy) is 2. The van der Waals surface area contributed by atoms with Crippen molar-refractivity contribution in [2.75, 3.05) is 26.4 Å². The predicted octanol–water partition coefficient (Wildman–Crippen LogP) is 9.79. The average molecular weight is 627 g/mol. The Morgan fingerprint density at radius 3 is 1.35 bits per heavy atom. The Hall–Kier alpha value is -2.82. The topological polar surface area (TPSA) is 58.9 Å². The molecule has 250 valence electrons. The van der Waals surface area contributed by atoms with Crippen LogP contribution in [0.2, 0.25) is 0 Å². The first-order chi connectivity index (χ1) is 22.1. The van der Waals surface area contributed by atoms with Crippen molar-refractivity contribution in [2.45, 2.75) is 128 Å². The number of benzene rings is 3. The van der Waals surface area contributed by atoms with Gasteiger partial charge in [0.1, 0.15) is 24.7 Å². The van der Waals surface area contributed by atoms with E-state index >= 15 is 0 Å². The highest BCUT2D eigenvalue weighted by Crippen LogP contribution is 2.46. The van der Waals surface area contributed by atoms with Gasteiger partial charge in [-0.3, -0.25) is 0 Å². The van der Waals surface area contributed by atoms with Crippen molar-refractivity contribution >= 4 is 0 Å². The predicted molar refractivity (Wildman–Crippen MR) is 190 cm³/mol. The fraction of sp³-hybridized carbons (Fsp3) is 0.571. The summed E-state index contributed by atoms with van der Waals surface area (Å²) < 4.78 is 12.3. The molecule has 5 rings (SSSR count). The fourth-order valence-corrected chi connectivity index (χ4v) is 8.38. The van der Waals surface area contributed by atoms with Crippen LogP contribution in [0.5, 0.6) is 11.5 Å². The van der Waals surface area contributed by atoms with Gasteiger partial charge in [0.15, 0.2) is 0 Å². The van der Waals surface area contributed by atoms with Crippen molar-refractivity contribution in [3.63, 3.8) is 0 Å². The third-order valence-electron chi connectivity index (χ3n) is 11.2. The maximum Gasteiger partial charge on any atom is 0.123 e. The summed E-state index contributed by atoms with van der Waals surface area (Å²) in [5.74, 6) is 2.91. The SMILES string of the molecule is Cc1cc(OCCO)c(C2CCCCC2)cc1C(C)(C)c1cccc(C(C)(C)c2cc(C3CCCCC3)c(OCCO)cc2C)c1.